The van der Waals surface area contributed by atoms with Crippen LogP contribution in [0.3, 0.4) is 0 Å². The Hall–Kier alpha value is -2.33. The standard InChI is InChI=1S/C16H15N3O4S2/c17-25(21,22)12-5-3-4-11(8-12)18-15(20)9-23-10-16-19-13-6-1-2-7-14(13)24-16/h1-8H,9-10H2,(H,18,20)(H2,17,21,22). The number of sulfonamides is 1. The van der Waals surface area contributed by atoms with Gasteiger partial charge >= 0.3 is 0 Å². The number of anilines is 1. The maximum Gasteiger partial charge on any atom is 0.250 e. The summed E-state index contributed by atoms with van der Waals surface area (Å²) in [7, 11) is -3.82. The molecule has 0 aliphatic carbocycles. The first kappa shape index (κ1) is 17.5. The Morgan fingerprint density at radius 2 is 2.00 bits per heavy atom. The van der Waals surface area contributed by atoms with Crippen LogP contribution in [0.15, 0.2) is 53.4 Å². The van der Waals surface area contributed by atoms with E-state index >= 15 is 0 Å². The van der Waals surface area contributed by atoms with E-state index in [1.807, 2.05) is 24.3 Å². The fourth-order valence-corrected chi connectivity index (χ4v) is 3.63. The number of para-hydroxylation sites is 1. The number of fused-ring (bicyclic) bond motifs is 1. The Balaban J connectivity index is 1.54. The van der Waals surface area contributed by atoms with E-state index < -0.39 is 15.9 Å². The molecule has 0 aliphatic rings. The Bertz CT molecular complexity index is 982. The number of hydrogen-bond donors (Lipinski definition) is 2. The van der Waals surface area contributed by atoms with Crippen LogP contribution >= 0.6 is 11.3 Å². The van der Waals surface area contributed by atoms with Gasteiger partial charge in [0.25, 0.3) is 0 Å². The van der Waals surface area contributed by atoms with Crippen molar-refractivity contribution in [3.63, 3.8) is 0 Å². The highest BCUT2D eigenvalue weighted by atomic mass is 32.2. The van der Waals surface area contributed by atoms with E-state index in [9.17, 15) is 13.2 Å². The lowest BCUT2D eigenvalue weighted by molar-refractivity contribution is -0.121. The number of nitrogens with zero attached hydrogens (tertiary/aromatic N) is 1. The van der Waals surface area contributed by atoms with Gasteiger partial charge in [-0.15, -0.1) is 11.3 Å². The maximum absolute atomic E-state index is 11.9. The molecule has 9 heteroatoms. The number of carbonyl (C=O) groups excluding carboxylic acids is 1. The van der Waals surface area contributed by atoms with Crippen LogP contribution in [0.2, 0.25) is 0 Å². The molecule has 7 nitrogen and oxygen atoms in total. The molecule has 0 saturated carbocycles. The van der Waals surface area contributed by atoms with Crippen molar-refractivity contribution in [2.45, 2.75) is 11.5 Å². The highest BCUT2D eigenvalue weighted by Crippen LogP contribution is 2.22. The van der Waals surface area contributed by atoms with E-state index in [1.54, 1.807) is 6.07 Å². The number of benzene rings is 2. The summed E-state index contributed by atoms with van der Waals surface area (Å²) < 4.78 is 29.1. The summed E-state index contributed by atoms with van der Waals surface area (Å²) in [6, 6.07) is 13.5. The minimum Gasteiger partial charge on any atom is -0.364 e. The Kier molecular flexibility index (Phi) is 5.09. The Morgan fingerprint density at radius 1 is 1.20 bits per heavy atom. The molecule has 1 aromatic heterocycles. The fourth-order valence-electron chi connectivity index (χ4n) is 2.16. The molecule has 0 bridgehead atoms. The first-order valence-corrected chi connectivity index (χ1v) is 9.63. The summed E-state index contributed by atoms with van der Waals surface area (Å²) in [6.45, 7) is 0.0551. The van der Waals surface area contributed by atoms with Crippen molar-refractivity contribution >= 4 is 43.2 Å². The average Bonchev–Trinajstić information content (AvgIpc) is 2.97. The smallest absolute Gasteiger partial charge is 0.250 e. The monoisotopic (exact) mass is 377 g/mol. The predicted molar refractivity (Wildman–Crippen MR) is 95.7 cm³/mol. The zero-order chi connectivity index (χ0) is 17.9. The summed E-state index contributed by atoms with van der Waals surface area (Å²) >= 11 is 1.51. The number of aromatic nitrogens is 1. The number of thiazole rings is 1. The van der Waals surface area contributed by atoms with Gasteiger partial charge in [-0.05, 0) is 30.3 Å². The first-order valence-electron chi connectivity index (χ1n) is 7.27. The van der Waals surface area contributed by atoms with Crippen LogP contribution in [-0.4, -0.2) is 25.9 Å². The molecule has 0 radical (unpaired) electrons. The van der Waals surface area contributed by atoms with Gasteiger partial charge in [0.15, 0.2) is 0 Å². The van der Waals surface area contributed by atoms with Crippen LogP contribution in [0.4, 0.5) is 5.69 Å². The Labute approximate surface area is 148 Å². The fraction of sp³-hybridized carbons (Fsp3) is 0.125. The number of ether oxygens (including phenoxy) is 1. The quantitative estimate of drug-likeness (QED) is 0.683. The van der Waals surface area contributed by atoms with E-state index in [-0.39, 0.29) is 18.1 Å². The summed E-state index contributed by atoms with van der Waals surface area (Å²) in [5.74, 6) is -0.396. The molecule has 0 fully saturated rings. The van der Waals surface area contributed by atoms with Crippen molar-refractivity contribution in [1.82, 2.24) is 4.98 Å². The lowest BCUT2D eigenvalue weighted by Gasteiger charge is -2.07. The van der Waals surface area contributed by atoms with E-state index in [0.717, 1.165) is 15.2 Å². The van der Waals surface area contributed by atoms with Gasteiger partial charge in [0.05, 0.1) is 21.7 Å². The van der Waals surface area contributed by atoms with E-state index in [2.05, 4.69) is 10.3 Å². The molecule has 3 rings (SSSR count). The molecule has 0 unspecified atom stereocenters. The molecule has 3 N–H and O–H groups in total. The minimum atomic E-state index is -3.82. The summed E-state index contributed by atoms with van der Waals surface area (Å²) in [5, 5.41) is 8.41. The van der Waals surface area contributed by atoms with Crippen molar-refractivity contribution in [3.05, 3.63) is 53.5 Å². The van der Waals surface area contributed by atoms with Gasteiger partial charge in [-0.3, -0.25) is 4.79 Å². The van der Waals surface area contributed by atoms with E-state index in [0.29, 0.717) is 5.69 Å². The van der Waals surface area contributed by atoms with Gasteiger partial charge in [-0.1, -0.05) is 18.2 Å². The first-order chi connectivity index (χ1) is 11.9. The third kappa shape index (κ3) is 4.60. The van der Waals surface area contributed by atoms with Gasteiger partial charge in [0, 0.05) is 5.69 Å². The molecule has 25 heavy (non-hydrogen) atoms. The molecule has 1 heterocycles. The number of carbonyl (C=O) groups is 1. The topological polar surface area (TPSA) is 111 Å². The zero-order valence-electron chi connectivity index (χ0n) is 13.0. The Morgan fingerprint density at radius 3 is 2.76 bits per heavy atom. The third-order valence-corrected chi connectivity index (χ3v) is 5.16. The normalized spacial score (nSPS) is 11.6. The van der Waals surface area contributed by atoms with Gasteiger partial charge in [-0.2, -0.15) is 0 Å². The molecule has 0 aliphatic heterocycles. The molecule has 1 amide bonds. The van der Waals surface area contributed by atoms with Gasteiger partial charge in [0.2, 0.25) is 15.9 Å². The molecule has 0 saturated heterocycles. The molecule has 0 atom stereocenters. The van der Waals surface area contributed by atoms with Crippen molar-refractivity contribution < 1.29 is 17.9 Å². The lowest BCUT2D eigenvalue weighted by atomic mass is 10.3. The highest BCUT2D eigenvalue weighted by molar-refractivity contribution is 7.89. The summed E-state index contributed by atoms with van der Waals surface area (Å²) in [5.41, 5.74) is 1.23. The molecule has 3 aromatic rings. The summed E-state index contributed by atoms with van der Waals surface area (Å²) in [4.78, 5) is 16.2. The SMILES string of the molecule is NS(=O)(=O)c1cccc(NC(=O)COCc2nc3ccccc3s2)c1. The van der Waals surface area contributed by atoms with Crippen LogP contribution in [0, 0.1) is 0 Å². The van der Waals surface area contributed by atoms with Crippen molar-refractivity contribution in [3.8, 4) is 0 Å². The molecular weight excluding hydrogens is 362 g/mol. The second kappa shape index (κ2) is 7.28. The number of hydrogen-bond acceptors (Lipinski definition) is 6. The number of primary sulfonamides is 1. The number of amides is 1. The van der Waals surface area contributed by atoms with Gasteiger partial charge < -0.3 is 10.1 Å². The van der Waals surface area contributed by atoms with E-state index in [4.69, 9.17) is 9.88 Å². The number of rotatable bonds is 6. The van der Waals surface area contributed by atoms with Crippen LogP contribution in [0.5, 0.6) is 0 Å². The highest BCUT2D eigenvalue weighted by Gasteiger charge is 2.10. The molecule has 2 aromatic carbocycles. The second-order valence-electron chi connectivity index (χ2n) is 5.19. The molecule has 130 valence electrons. The predicted octanol–water partition coefficient (Wildman–Crippen LogP) is 2.10. The average molecular weight is 377 g/mol. The van der Waals surface area contributed by atoms with Crippen LogP contribution < -0.4 is 10.5 Å². The van der Waals surface area contributed by atoms with E-state index in [1.165, 1.54) is 29.5 Å². The lowest BCUT2D eigenvalue weighted by Crippen LogP contribution is -2.19. The van der Waals surface area contributed by atoms with Crippen molar-refractivity contribution in [1.29, 1.82) is 0 Å². The van der Waals surface area contributed by atoms with Gasteiger partial charge in [-0.25, -0.2) is 18.5 Å². The van der Waals surface area contributed by atoms with Crippen molar-refractivity contribution in [2.24, 2.45) is 5.14 Å². The third-order valence-electron chi connectivity index (χ3n) is 3.24. The van der Waals surface area contributed by atoms with Crippen LogP contribution in [0.1, 0.15) is 5.01 Å². The zero-order valence-corrected chi connectivity index (χ0v) is 14.6. The van der Waals surface area contributed by atoms with Crippen LogP contribution in [-0.2, 0) is 26.2 Å². The van der Waals surface area contributed by atoms with Crippen molar-refractivity contribution in [2.75, 3.05) is 11.9 Å². The van der Waals surface area contributed by atoms with Crippen LogP contribution in [0.25, 0.3) is 10.2 Å². The number of nitrogens with one attached hydrogen (secondary N) is 1. The maximum atomic E-state index is 11.9. The molecule has 0 spiro atoms. The number of nitrogens with two attached hydrogens (primary N) is 1. The minimum absolute atomic E-state index is 0.0688. The largest absolute Gasteiger partial charge is 0.364 e. The van der Waals surface area contributed by atoms with Gasteiger partial charge in [0.1, 0.15) is 11.6 Å². The summed E-state index contributed by atoms with van der Waals surface area (Å²) in [6.07, 6.45) is 0. The second-order valence-corrected chi connectivity index (χ2v) is 7.87. The molecular formula is C16H15N3O4S2.